The van der Waals surface area contributed by atoms with Crippen molar-refractivity contribution in [3.63, 3.8) is 0 Å². The SMILES string of the molecule is CCO.CSCCC(NC(C)=O)C(=O)O. The van der Waals surface area contributed by atoms with Crippen LogP contribution in [-0.4, -0.2) is 46.7 Å². The van der Waals surface area contributed by atoms with Gasteiger partial charge >= 0.3 is 5.97 Å². The maximum Gasteiger partial charge on any atom is 0.326 e. The van der Waals surface area contributed by atoms with Gasteiger partial charge in [0.2, 0.25) is 5.91 Å². The Morgan fingerprint density at radius 2 is 1.93 bits per heavy atom. The molecule has 0 heterocycles. The van der Waals surface area contributed by atoms with Crippen LogP contribution in [-0.2, 0) is 9.59 Å². The highest BCUT2D eigenvalue weighted by Gasteiger charge is 2.16. The average molecular weight is 237 g/mol. The topological polar surface area (TPSA) is 86.6 Å². The lowest BCUT2D eigenvalue weighted by atomic mass is 10.2. The summed E-state index contributed by atoms with van der Waals surface area (Å²) in [5.74, 6) is -0.542. The van der Waals surface area contributed by atoms with E-state index >= 15 is 0 Å². The van der Waals surface area contributed by atoms with Gasteiger partial charge in [0.15, 0.2) is 0 Å². The number of hydrogen-bond donors (Lipinski definition) is 3. The summed E-state index contributed by atoms with van der Waals surface area (Å²) in [5.41, 5.74) is 0. The molecule has 0 saturated heterocycles. The summed E-state index contributed by atoms with van der Waals surface area (Å²) in [6.07, 6.45) is 2.36. The number of amides is 1. The molecule has 6 heteroatoms. The number of carboxylic acid groups (broad SMARTS) is 1. The molecule has 0 radical (unpaired) electrons. The van der Waals surface area contributed by atoms with Crippen LogP contribution in [0, 0.1) is 0 Å². The van der Waals surface area contributed by atoms with Gasteiger partial charge in [-0.25, -0.2) is 4.79 Å². The van der Waals surface area contributed by atoms with E-state index in [1.54, 1.807) is 18.7 Å². The van der Waals surface area contributed by atoms with E-state index in [1.165, 1.54) is 6.92 Å². The molecule has 0 aromatic rings. The predicted octanol–water partition coefficient (Wildman–Crippen LogP) is 0.327. The fraction of sp³-hybridized carbons (Fsp3) is 0.778. The average Bonchev–Trinajstić information content (AvgIpc) is 2.12. The molecule has 5 nitrogen and oxygen atoms in total. The van der Waals surface area contributed by atoms with Crippen LogP contribution in [0.2, 0.25) is 0 Å². The van der Waals surface area contributed by atoms with Gasteiger partial charge in [-0.2, -0.15) is 11.8 Å². The monoisotopic (exact) mass is 237 g/mol. The molecule has 0 fully saturated rings. The number of thioether (sulfide) groups is 1. The van der Waals surface area contributed by atoms with Crippen LogP contribution in [0.15, 0.2) is 0 Å². The minimum absolute atomic E-state index is 0.250. The lowest BCUT2D eigenvalue weighted by molar-refractivity contribution is -0.141. The standard InChI is InChI=1S/C7H13NO3S.C2H6O/c1-5(9)8-6(7(10)11)3-4-12-2;1-2-3/h6H,3-4H2,1-2H3,(H,8,9)(H,10,11);3H,2H2,1H3. The van der Waals surface area contributed by atoms with Crippen LogP contribution < -0.4 is 5.32 Å². The van der Waals surface area contributed by atoms with Gasteiger partial charge in [-0.15, -0.1) is 0 Å². The first-order valence-electron chi connectivity index (χ1n) is 4.59. The summed E-state index contributed by atoms with van der Waals surface area (Å²) < 4.78 is 0. The van der Waals surface area contributed by atoms with Gasteiger partial charge in [0, 0.05) is 13.5 Å². The first kappa shape index (κ1) is 16.7. The first-order valence-corrected chi connectivity index (χ1v) is 5.98. The molecule has 1 unspecified atom stereocenters. The van der Waals surface area contributed by atoms with Crippen molar-refractivity contribution >= 4 is 23.6 Å². The van der Waals surface area contributed by atoms with Crippen LogP contribution >= 0.6 is 11.8 Å². The first-order chi connectivity index (χ1) is 6.99. The summed E-state index contributed by atoms with van der Waals surface area (Å²) >= 11 is 1.56. The molecule has 0 bridgehead atoms. The Labute approximate surface area is 94.2 Å². The van der Waals surface area contributed by atoms with Crippen molar-refractivity contribution in [2.24, 2.45) is 0 Å². The van der Waals surface area contributed by atoms with E-state index in [1.807, 2.05) is 6.26 Å². The second kappa shape index (κ2) is 11.3. The van der Waals surface area contributed by atoms with Crippen LogP contribution in [0.25, 0.3) is 0 Å². The van der Waals surface area contributed by atoms with E-state index in [2.05, 4.69) is 5.32 Å². The smallest absolute Gasteiger partial charge is 0.326 e. The highest BCUT2D eigenvalue weighted by molar-refractivity contribution is 7.98. The number of aliphatic hydroxyl groups is 1. The number of nitrogens with one attached hydrogen (secondary N) is 1. The fourth-order valence-corrected chi connectivity index (χ4v) is 1.21. The fourth-order valence-electron chi connectivity index (χ4n) is 0.738. The maximum absolute atomic E-state index is 10.5. The molecule has 0 aliphatic carbocycles. The largest absolute Gasteiger partial charge is 0.480 e. The molecule has 0 aromatic carbocycles. The quantitative estimate of drug-likeness (QED) is 0.641. The third kappa shape index (κ3) is 13.2. The zero-order chi connectivity index (χ0) is 12.3. The molecule has 1 amide bonds. The van der Waals surface area contributed by atoms with Crippen molar-refractivity contribution in [3.8, 4) is 0 Å². The molecule has 0 aliphatic heterocycles. The van der Waals surface area contributed by atoms with E-state index in [0.717, 1.165) is 5.75 Å². The molecular formula is C9H19NO4S. The highest BCUT2D eigenvalue weighted by atomic mass is 32.2. The van der Waals surface area contributed by atoms with Crippen LogP contribution in [0.1, 0.15) is 20.3 Å². The van der Waals surface area contributed by atoms with Crippen molar-refractivity contribution in [2.75, 3.05) is 18.6 Å². The number of rotatable bonds is 5. The summed E-state index contributed by atoms with van der Waals surface area (Å²) in [6.45, 7) is 3.25. The van der Waals surface area contributed by atoms with E-state index in [4.69, 9.17) is 10.2 Å². The van der Waals surface area contributed by atoms with Crippen LogP contribution in [0.5, 0.6) is 0 Å². The zero-order valence-corrected chi connectivity index (χ0v) is 10.1. The number of aliphatic hydroxyl groups excluding tert-OH is 1. The Balaban J connectivity index is 0. The Kier molecular flexibility index (Phi) is 12.6. The minimum atomic E-state index is -0.973. The second-order valence-corrected chi connectivity index (χ2v) is 3.67. The summed E-state index contributed by atoms with van der Waals surface area (Å²) in [4.78, 5) is 21.1. The lowest BCUT2D eigenvalue weighted by Crippen LogP contribution is -2.39. The maximum atomic E-state index is 10.5. The highest BCUT2D eigenvalue weighted by Crippen LogP contribution is 2.00. The van der Waals surface area contributed by atoms with Crippen molar-refractivity contribution in [2.45, 2.75) is 26.3 Å². The summed E-state index contributed by atoms with van der Waals surface area (Å²) in [7, 11) is 0. The van der Waals surface area contributed by atoms with E-state index < -0.39 is 12.0 Å². The number of hydrogen-bond acceptors (Lipinski definition) is 4. The van der Waals surface area contributed by atoms with E-state index in [0.29, 0.717) is 6.42 Å². The van der Waals surface area contributed by atoms with Gasteiger partial charge in [0.05, 0.1) is 0 Å². The van der Waals surface area contributed by atoms with Gasteiger partial charge in [-0.3, -0.25) is 4.79 Å². The van der Waals surface area contributed by atoms with Crippen LogP contribution in [0.3, 0.4) is 0 Å². The third-order valence-corrected chi connectivity index (χ3v) is 1.93. The van der Waals surface area contributed by atoms with Gasteiger partial charge in [0.1, 0.15) is 6.04 Å². The van der Waals surface area contributed by atoms with Gasteiger partial charge in [-0.05, 0) is 25.4 Å². The predicted molar refractivity (Wildman–Crippen MR) is 61.0 cm³/mol. The van der Waals surface area contributed by atoms with Crippen molar-refractivity contribution in [1.82, 2.24) is 5.32 Å². The lowest BCUT2D eigenvalue weighted by Gasteiger charge is -2.11. The molecule has 3 N–H and O–H groups in total. The molecule has 15 heavy (non-hydrogen) atoms. The molecule has 90 valence electrons. The summed E-state index contributed by atoms with van der Waals surface area (Å²) in [5, 5.41) is 18.6. The molecule has 0 aromatic heterocycles. The molecule has 0 aliphatic rings. The number of carbonyl (C=O) groups is 2. The Morgan fingerprint density at radius 3 is 2.20 bits per heavy atom. The van der Waals surface area contributed by atoms with Crippen molar-refractivity contribution in [1.29, 1.82) is 0 Å². The van der Waals surface area contributed by atoms with Gasteiger partial charge < -0.3 is 15.5 Å². The van der Waals surface area contributed by atoms with E-state index in [-0.39, 0.29) is 12.5 Å². The van der Waals surface area contributed by atoms with Crippen LogP contribution in [0.4, 0.5) is 0 Å². The molecule has 0 rings (SSSR count). The molecule has 0 spiro atoms. The number of aliphatic carboxylic acids is 1. The van der Waals surface area contributed by atoms with Crippen molar-refractivity contribution in [3.05, 3.63) is 0 Å². The Morgan fingerprint density at radius 1 is 1.47 bits per heavy atom. The Hall–Kier alpha value is -0.750. The number of carbonyl (C=O) groups excluding carboxylic acids is 1. The Bertz CT molecular complexity index is 187. The third-order valence-electron chi connectivity index (χ3n) is 1.29. The molecular weight excluding hydrogens is 218 g/mol. The zero-order valence-electron chi connectivity index (χ0n) is 9.32. The van der Waals surface area contributed by atoms with Crippen molar-refractivity contribution < 1.29 is 19.8 Å². The minimum Gasteiger partial charge on any atom is -0.480 e. The number of carboxylic acids is 1. The summed E-state index contributed by atoms with van der Waals surface area (Å²) in [6, 6.07) is -0.741. The molecule has 0 saturated carbocycles. The normalized spacial score (nSPS) is 10.9. The second-order valence-electron chi connectivity index (χ2n) is 2.69. The van der Waals surface area contributed by atoms with Gasteiger partial charge in [-0.1, -0.05) is 0 Å². The van der Waals surface area contributed by atoms with E-state index in [9.17, 15) is 9.59 Å². The van der Waals surface area contributed by atoms with Gasteiger partial charge in [0.25, 0.3) is 0 Å². The molecule has 1 atom stereocenters.